The summed E-state index contributed by atoms with van der Waals surface area (Å²) in [6.45, 7) is 3.81. The molecule has 90 valence electrons. The van der Waals surface area contributed by atoms with Crippen molar-refractivity contribution in [2.45, 2.75) is 13.0 Å². The first kappa shape index (κ1) is 13.6. The van der Waals surface area contributed by atoms with Crippen LogP contribution in [0.4, 0.5) is 4.39 Å². The van der Waals surface area contributed by atoms with Crippen LogP contribution < -0.4 is 5.32 Å². The van der Waals surface area contributed by atoms with Gasteiger partial charge >= 0.3 is 0 Å². The van der Waals surface area contributed by atoms with Gasteiger partial charge in [-0.25, -0.2) is 4.39 Å². The number of benzene rings is 1. The van der Waals surface area contributed by atoms with Crippen LogP contribution in [0.5, 0.6) is 0 Å². The molecule has 0 aliphatic carbocycles. The van der Waals surface area contributed by atoms with Crippen molar-refractivity contribution in [2.75, 3.05) is 27.2 Å². The molecule has 1 atom stereocenters. The Morgan fingerprint density at radius 2 is 2.19 bits per heavy atom. The summed E-state index contributed by atoms with van der Waals surface area (Å²) in [6, 6.07) is 5.14. The van der Waals surface area contributed by atoms with E-state index in [0.29, 0.717) is 0 Å². The van der Waals surface area contributed by atoms with E-state index < -0.39 is 0 Å². The van der Waals surface area contributed by atoms with Gasteiger partial charge in [0.2, 0.25) is 0 Å². The number of halogens is 2. The highest BCUT2D eigenvalue weighted by molar-refractivity contribution is 9.10. The number of nitrogens with zero attached hydrogens (tertiary/aromatic N) is 1. The van der Waals surface area contributed by atoms with Gasteiger partial charge in [-0.3, -0.25) is 4.90 Å². The third-order valence-electron chi connectivity index (χ3n) is 2.78. The van der Waals surface area contributed by atoms with Crippen molar-refractivity contribution < 1.29 is 4.39 Å². The molecule has 1 N–H and O–H groups in total. The molecule has 0 saturated carbocycles. The predicted octanol–water partition coefficient (Wildman–Crippen LogP) is 2.80. The first-order valence-corrected chi connectivity index (χ1v) is 6.15. The molecular weight excluding hydrogens is 271 g/mol. The van der Waals surface area contributed by atoms with E-state index >= 15 is 0 Å². The standard InChI is InChI=1S/C12H18BrFN2/c1-9(16(3)7-6-15-2)11-8-10(13)4-5-12(11)14/h4-5,8-9,15H,6-7H2,1-3H3. The molecule has 1 rings (SSSR count). The molecule has 0 bridgehead atoms. The molecule has 1 unspecified atom stereocenters. The molecule has 0 aliphatic rings. The molecule has 0 spiro atoms. The summed E-state index contributed by atoms with van der Waals surface area (Å²) in [5.74, 6) is -0.146. The van der Waals surface area contributed by atoms with Gasteiger partial charge in [0, 0.05) is 29.2 Å². The van der Waals surface area contributed by atoms with Gasteiger partial charge in [-0.2, -0.15) is 0 Å². The minimum Gasteiger partial charge on any atom is -0.318 e. The normalized spacial score (nSPS) is 13.1. The number of rotatable bonds is 5. The highest BCUT2D eigenvalue weighted by atomic mass is 79.9. The SMILES string of the molecule is CNCCN(C)C(C)c1cc(Br)ccc1F. The second kappa shape index (κ2) is 6.33. The lowest BCUT2D eigenvalue weighted by Gasteiger charge is -2.25. The van der Waals surface area contributed by atoms with Crippen molar-refractivity contribution >= 4 is 15.9 Å². The second-order valence-electron chi connectivity index (χ2n) is 3.93. The molecule has 4 heteroatoms. The molecule has 0 aromatic heterocycles. The van der Waals surface area contributed by atoms with E-state index in [1.54, 1.807) is 6.07 Å². The quantitative estimate of drug-likeness (QED) is 0.896. The summed E-state index contributed by atoms with van der Waals surface area (Å²) in [7, 11) is 3.92. The van der Waals surface area contributed by atoms with Gasteiger partial charge in [0.25, 0.3) is 0 Å². The first-order chi connectivity index (χ1) is 7.56. The van der Waals surface area contributed by atoms with Crippen molar-refractivity contribution in [3.63, 3.8) is 0 Å². The summed E-state index contributed by atoms with van der Waals surface area (Å²) in [5, 5.41) is 3.09. The molecule has 0 fully saturated rings. The van der Waals surface area contributed by atoms with Gasteiger partial charge in [-0.1, -0.05) is 15.9 Å². The molecular formula is C12H18BrFN2. The Balaban J connectivity index is 2.78. The lowest BCUT2D eigenvalue weighted by atomic mass is 10.1. The van der Waals surface area contributed by atoms with Crippen LogP contribution in [0, 0.1) is 5.82 Å². The summed E-state index contributed by atoms with van der Waals surface area (Å²) in [5.41, 5.74) is 0.730. The van der Waals surface area contributed by atoms with Crippen molar-refractivity contribution in [3.8, 4) is 0 Å². The van der Waals surface area contributed by atoms with Crippen LogP contribution in [-0.4, -0.2) is 32.1 Å². The molecule has 0 heterocycles. The van der Waals surface area contributed by atoms with E-state index in [9.17, 15) is 4.39 Å². The van der Waals surface area contributed by atoms with E-state index in [0.717, 1.165) is 23.1 Å². The average Bonchev–Trinajstić information content (AvgIpc) is 2.28. The maximum Gasteiger partial charge on any atom is 0.128 e. The smallest absolute Gasteiger partial charge is 0.128 e. The zero-order chi connectivity index (χ0) is 12.1. The number of likely N-dealkylation sites (N-methyl/N-ethyl adjacent to an activating group) is 2. The van der Waals surface area contributed by atoms with Crippen LogP contribution in [0.15, 0.2) is 22.7 Å². The summed E-state index contributed by atoms with van der Waals surface area (Å²) >= 11 is 3.37. The highest BCUT2D eigenvalue weighted by Crippen LogP contribution is 2.24. The van der Waals surface area contributed by atoms with Crippen molar-refractivity contribution in [3.05, 3.63) is 34.1 Å². The van der Waals surface area contributed by atoms with Gasteiger partial charge in [-0.05, 0) is 39.2 Å². The Morgan fingerprint density at radius 1 is 1.50 bits per heavy atom. The van der Waals surface area contributed by atoms with Crippen molar-refractivity contribution in [1.82, 2.24) is 10.2 Å². The van der Waals surface area contributed by atoms with Crippen molar-refractivity contribution in [1.29, 1.82) is 0 Å². The van der Waals surface area contributed by atoms with Gasteiger partial charge in [-0.15, -0.1) is 0 Å². The second-order valence-corrected chi connectivity index (χ2v) is 4.84. The molecule has 0 amide bonds. The maximum absolute atomic E-state index is 13.6. The topological polar surface area (TPSA) is 15.3 Å². The lowest BCUT2D eigenvalue weighted by molar-refractivity contribution is 0.258. The molecule has 0 radical (unpaired) electrons. The fourth-order valence-corrected chi connectivity index (χ4v) is 1.93. The van der Waals surface area contributed by atoms with E-state index in [1.807, 2.05) is 27.1 Å². The minimum atomic E-state index is -0.146. The molecule has 0 aliphatic heterocycles. The Hall–Kier alpha value is -0.450. The number of hydrogen-bond donors (Lipinski definition) is 1. The molecule has 16 heavy (non-hydrogen) atoms. The third-order valence-corrected chi connectivity index (χ3v) is 3.28. The van der Waals surface area contributed by atoms with Crippen LogP contribution in [0.3, 0.4) is 0 Å². The van der Waals surface area contributed by atoms with Crippen LogP contribution >= 0.6 is 15.9 Å². The Morgan fingerprint density at radius 3 is 2.81 bits per heavy atom. The monoisotopic (exact) mass is 288 g/mol. The zero-order valence-electron chi connectivity index (χ0n) is 9.93. The Bertz CT molecular complexity index is 344. The third kappa shape index (κ3) is 3.54. The molecule has 1 aromatic carbocycles. The van der Waals surface area contributed by atoms with E-state index in [4.69, 9.17) is 0 Å². The largest absolute Gasteiger partial charge is 0.318 e. The maximum atomic E-state index is 13.6. The van der Waals surface area contributed by atoms with Gasteiger partial charge in [0.15, 0.2) is 0 Å². The lowest BCUT2D eigenvalue weighted by Crippen LogP contribution is -2.30. The molecule has 1 aromatic rings. The van der Waals surface area contributed by atoms with Gasteiger partial charge in [0.05, 0.1) is 0 Å². The van der Waals surface area contributed by atoms with E-state index in [1.165, 1.54) is 6.07 Å². The Kier molecular flexibility index (Phi) is 5.38. The fraction of sp³-hybridized carbons (Fsp3) is 0.500. The van der Waals surface area contributed by atoms with Crippen LogP contribution in [0.1, 0.15) is 18.5 Å². The van der Waals surface area contributed by atoms with E-state index in [-0.39, 0.29) is 11.9 Å². The summed E-state index contributed by atoms with van der Waals surface area (Å²) in [4.78, 5) is 2.13. The zero-order valence-corrected chi connectivity index (χ0v) is 11.5. The minimum absolute atomic E-state index is 0.0749. The van der Waals surface area contributed by atoms with Gasteiger partial charge in [0.1, 0.15) is 5.82 Å². The first-order valence-electron chi connectivity index (χ1n) is 5.36. The van der Waals surface area contributed by atoms with E-state index in [2.05, 4.69) is 26.1 Å². The number of nitrogens with one attached hydrogen (secondary N) is 1. The van der Waals surface area contributed by atoms with Crippen molar-refractivity contribution in [2.24, 2.45) is 0 Å². The fourth-order valence-electron chi connectivity index (χ4n) is 1.55. The predicted molar refractivity (Wildman–Crippen MR) is 69.1 cm³/mol. The highest BCUT2D eigenvalue weighted by Gasteiger charge is 2.15. The summed E-state index contributed by atoms with van der Waals surface area (Å²) in [6.07, 6.45) is 0. The molecule has 2 nitrogen and oxygen atoms in total. The number of hydrogen-bond acceptors (Lipinski definition) is 2. The average molecular weight is 289 g/mol. The van der Waals surface area contributed by atoms with Gasteiger partial charge < -0.3 is 5.32 Å². The molecule has 0 saturated heterocycles. The van der Waals surface area contributed by atoms with Crippen LogP contribution in [0.25, 0.3) is 0 Å². The van der Waals surface area contributed by atoms with Crippen LogP contribution in [-0.2, 0) is 0 Å². The van der Waals surface area contributed by atoms with Crippen LogP contribution in [0.2, 0.25) is 0 Å². The Labute approximate surface area is 105 Å². The summed E-state index contributed by atoms with van der Waals surface area (Å²) < 4.78 is 14.6.